The maximum atomic E-state index is 12.2. The second-order valence-corrected chi connectivity index (χ2v) is 9.80. The number of sulfone groups is 1. The first-order chi connectivity index (χ1) is 14.8. The number of nitrogens with one attached hydrogen (secondary N) is 3. The molecule has 8 nitrogen and oxygen atoms in total. The fourth-order valence-corrected chi connectivity index (χ4v) is 4.93. The number of carbonyl (C=O) groups excluding carboxylic acids is 2. The maximum absolute atomic E-state index is 12.2. The number of rotatable bonds is 8. The van der Waals surface area contributed by atoms with Gasteiger partial charge in [-0.1, -0.05) is 36.4 Å². The summed E-state index contributed by atoms with van der Waals surface area (Å²) in [5.41, 5.74) is 2.54. The third-order valence-electron chi connectivity index (χ3n) is 4.86. The van der Waals surface area contributed by atoms with Gasteiger partial charge in [-0.25, -0.2) is 13.2 Å². The number of urea groups is 1. The molecule has 3 N–H and O–H groups in total. The Morgan fingerprint density at radius 1 is 1.13 bits per heavy atom. The van der Waals surface area contributed by atoms with E-state index in [-0.39, 0.29) is 36.4 Å². The van der Waals surface area contributed by atoms with Crippen molar-refractivity contribution in [1.29, 1.82) is 0 Å². The van der Waals surface area contributed by atoms with Crippen molar-refractivity contribution in [3.8, 4) is 5.75 Å². The lowest BCUT2D eigenvalue weighted by atomic mass is 10.2. The fraction of sp³-hybridized carbons (Fsp3) is 0.364. The maximum Gasteiger partial charge on any atom is 0.319 e. The number of ether oxygens (including phenoxy) is 1. The molecule has 0 aliphatic carbocycles. The van der Waals surface area contributed by atoms with Gasteiger partial charge in [0.2, 0.25) is 5.91 Å². The molecule has 1 aliphatic rings. The van der Waals surface area contributed by atoms with Gasteiger partial charge in [-0.15, -0.1) is 0 Å². The number of hydrogen-bond donors (Lipinski definition) is 3. The molecular formula is C22H27N3O5S. The zero-order chi connectivity index (χ0) is 22.3. The summed E-state index contributed by atoms with van der Waals surface area (Å²) >= 11 is 0. The monoisotopic (exact) mass is 445 g/mol. The Morgan fingerprint density at radius 2 is 1.90 bits per heavy atom. The lowest BCUT2D eigenvalue weighted by Gasteiger charge is -2.14. The molecule has 0 spiro atoms. The average molecular weight is 446 g/mol. The highest BCUT2D eigenvalue weighted by molar-refractivity contribution is 7.91. The van der Waals surface area contributed by atoms with Gasteiger partial charge in [-0.3, -0.25) is 4.79 Å². The minimum Gasteiger partial charge on any atom is -0.487 e. The van der Waals surface area contributed by atoms with E-state index >= 15 is 0 Å². The summed E-state index contributed by atoms with van der Waals surface area (Å²) in [5.74, 6) is 0.346. The Labute approximate surface area is 182 Å². The van der Waals surface area contributed by atoms with Crippen molar-refractivity contribution >= 4 is 27.5 Å². The molecule has 166 valence electrons. The van der Waals surface area contributed by atoms with E-state index in [2.05, 4.69) is 16.0 Å². The minimum absolute atomic E-state index is 0.0220. The second kappa shape index (κ2) is 10.3. The van der Waals surface area contributed by atoms with Gasteiger partial charge in [0.05, 0.1) is 17.2 Å². The zero-order valence-electron chi connectivity index (χ0n) is 17.4. The molecule has 1 fully saturated rings. The molecule has 1 atom stereocenters. The number of amides is 3. The molecule has 3 amide bonds. The van der Waals surface area contributed by atoms with Crippen molar-refractivity contribution in [2.45, 2.75) is 32.4 Å². The molecule has 31 heavy (non-hydrogen) atoms. The Bertz CT molecular complexity index is 1020. The summed E-state index contributed by atoms with van der Waals surface area (Å²) in [6.45, 7) is 2.44. The van der Waals surface area contributed by atoms with E-state index < -0.39 is 15.9 Å². The second-order valence-electron chi connectivity index (χ2n) is 7.57. The first kappa shape index (κ1) is 22.6. The zero-order valence-corrected chi connectivity index (χ0v) is 18.2. The van der Waals surface area contributed by atoms with E-state index in [1.54, 1.807) is 6.07 Å². The van der Waals surface area contributed by atoms with Crippen LogP contribution in [-0.2, 0) is 21.2 Å². The predicted molar refractivity (Wildman–Crippen MR) is 119 cm³/mol. The topological polar surface area (TPSA) is 114 Å². The first-order valence-electron chi connectivity index (χ1n) is 10.1. The van der Waals surface area contributed by atoms with Crippen LogP contribution >= 0.6 is 0 Å². The molecule has 0 bridgehead atoms. The smallest absolute Gasteiger partial charge is 0.319 e. The number of benzene rings is 2. The van der Waals surface area contributed by atoms with Crippen LogP contribution in [0.15, 0.2) is 48.5 Å². The van der Waals surface area contributed by atoms with E-state index in [4.69, 9.17) is 4.74 Å². The predicted octanol–water partition coefficient (Wildman–Crippen LogP) is 2.39. The molecule has 3 rings (SSSR count). The third kappa shape index (κ3) is 7.29. The number of aryl methyl sites for hydroxylation is 1. The molecular weight excluding hydrogens is 418 g/mol. The van der Waals surface area contributed by atoms with Gasteiger partial charge in [0.1, 0.15) is 12.4 Å². The summed E-state index contributed by atoms with van der Waals surface area (Å²) in [6.07, 6.45) is 0.496. The molecule has 1 unspecified atom stereocenters. The van der Waals surface area contributed by atoms with Crippen molar-refractivity contribution in [2.75, 3.05) is 23.4 Å². The van der Waals surface area contributed by atoms with Crippen molar-refractivity contribution in [3.63, 3.8) is 0 Å². The Morgan fingerprint density at radius 3 is 2.61 bits per heavy atom. The van der Waals surface area contributed by atoms with E-state index in [0.717, 1.165) is 11.1 Å². The van der Waals surface area contributed by atoms with Gasteiger partial charge in [0.15, 0.2) is 9.84 Å². The molecule has 1 aliphatic heterocycles. The van der Waals surface area contributed by atoms with Crippen LogP contribution in [-0.4, -0.2) is 44.4 Å². The van der Waals surface area contributed by atoms with E-state index in [9.17, 15) is 18.0 Å². The molecule has 0 radical (unpaired) electrons. The lowest BCUT2D eigenvalue weighted by molar-refractivity contribution is -0.121. The Kier molecular flexibility index (Phi) is 7.51. The quantitative estimate of drug-likeness (QED) is 0.577. The summed E-state index contributed by atoms with van der Waals surface area (Å²) in [7, 11) is -3.05. The highest BCUT2D eigenvalue weighted by Crippen LogP contribution is 2.26. The number of anilines is 1. The fourth-order valence-electron chi connectivity index (χ4n) is 3.25. The molecule has 2 aromatic carbocycles. The summed E-state index contributed by atoms with van der Waals surface area (Å²) in [5, 5.41) is 8.08. The van der Waals surface area contributed by atoms with Crippen molar-refractivity contribution in [3.05, 3.63) is 59.7 Å². The van der Waals surface area contributed by atoms with Gasteiger partial charge in [-0.05, 0) is 36.6 Å². The average Bonchev–Trinajstić information content (AvgIpc) is 3.07. The van der Waals surface area contributed by atoms with Crippen LogP contribution < -0.4 is 20.7 Å². The van der Waals surface area contributed by atoms with Crippen LogP contribution in [0.1, 0.15) is 24.0 Å². The van der Waals surface area contributed by atoms with E-state index in [1.807, 2.05) is 49.4 Å². The van der Waals surface area contributed by atoms with Crippen molar-refractivity contribution in [1.82, 2.24) is 10.6 Å². The SMILES string of the molecule is Cc1ccc(NC(=O)NCCC(=O)NC2CCS(=O)(=O)C2)c(OCc2ccccc2)c1. The van der Waals surface area contributed by atoms with E-state index in [0.29, 0.717) is 24.5 Å². The van der Waals surface area contributed by atoms with Gasteiger partial charge in [-0.2, -0.15) is 0 Å². The van der Waals surface area contributed by atoms with Gasteiger partial charge in [0.25, 0.3) is 0 Å². The summed E-state index contributed by atoms with van der Waals surface area (Å²) < 4.78 is 28.8. The molecule has 9 heteroatoms. The Hall–Kier alpha value is -3.07. The van der Waals surface area contributed by atoms with Crippen LogP contribution in [0.3, 0.4) is 0 Å². The highest BCUT2D eigenvalue weighted by atomic mass is 32.2. The normalized spacial score (nSPS) is 17.0. The van der Waals surface area contributed by atoms with Crippen molar-refractivity contribution < 1.29 is 22.7 Å². The van der Waals surface area contributed by atoms with Crippen LogP contribution in [0.5, 0.6) is 5.75 Å². The van der Waals surface area contributed by atoms with Gasteiger partial charge in [0, 0.05) is 19.0 Å². The molecule has 1 heterocycles. The standard InChI is InChI=1S/C22H27N3O5S/c1-16-7-8-19(20(13-16)30-14-17-5-3-2-4-6-17)25-22(27)23-11-9-21(26)24-18-10-12-31(28,29)15-18/h2-8,13,18H,9-12,14-15H2,1H3,(H,24,26)(H2,23,25,27). The van der Waals surface area contributed by atoms with Crippen LogP contribution in [0.4, 0.5) is 10.5 Å². The summed E-state index contributed by atoms with van der Waals surface area (Å²) in [4.78, 5) is 24.2. The highest BCUT2D eigenvalue weighted by Gasteiger charge is 2.28. The third-order valence-corrected chi connectivity index (χ3v) is 6.63. The molecule has 0 saturated carbocycles. The molecule has 0 aromatic heterocycles. The largest absolute Gasteiger partial charge is 0.487 e. The summed E-state index contributed by atoms with van der Waals surface area (Å²) in [6, 6.07) is 14.4. The number of hydrogen-bond acceptors (Lipinski definition) is 5. The van der Waals surface area contributed by atoms with Crippen molar-refractivity contribution in [2.24, 2.45) is 0 Å². The molecule has 2 aromatic rings. The lowest BCUT2D eigenvalue weighted by Crippen LogP contribution is -2.38. The minimum atomic E-state index is -3.05. The van der Waals surface area contributed by atoms with Gasteiger partial charge >= 0.3 is 6.03 Å². The number of carbonyl (C=O) groups is 2. The Balaban J connectivity index is 1.46. The van der Waals surface area contributed by atoms with E-state index in [1.165, 1.54) is 0 Å². The van der Waals surface area contributed by atoms with Crippen LogP contribution in [0, 0.1) is 6.92 Å². The van der Waals surface area contributed by atoms with Crippen LogP contribution in [0.2, 0.25) is 0 Å². The van der Waals surface area contributed by atoms with Crippen LogP contribution in [0.25, 0.3) is 0 Å². The van der Waals surface area contributed by atoms with Gasteiger partial charge < -0.3 is 20.7 Å². The molecule has 1 saturated heterocycles. The first-order valence-corrected chi connectivity index (χ1v) is 11.9.